The fourth-order valence-electron chi connectivity index (χ4n) is 2.69. The molecule has 3 rings (SSSR count). The molecule has 7 heteroatoms. The van der Waals surface area contributed by atoms with Gasteiger partial charge in [-0.3, -0.25) is 14.3 Å². The average Bonchev–Trinajstić information content (AvgIpc) is 3.10. The summed E-state index contributed by atoms with van der Waals surface area (Å²) in [5.41, 5.74) is 0.738. The van der Waals surface area contributed by atoms with Gasteiger partial charge in [-0.1, -0.05) is 12.1 Å². The molecule has 6 nitrogen and oxygen atoms in total. The maximum absolute atomic E-state index is 13.2. The number of amides is 2. The highest BCUT2D eigenvalue weighted by atomic mass is 19.1. The molecule has 1 saturated heterocycles. The van der Waals surface area contributed by atoms with Crippen LogP contribution in [-0.4, -0.2) is 39.1 Å². The van der Waals surface area contributed by atoms with Crippen molar-refractivity contribution in [3.8, 4) is 0 Å². The van der Waals surface area contributed by atoms with E-state index in [9.17, 15) is 14.0 Å². The van der Waals surface area contributed by atoms with E-state index in [2.05, 4.69) is 10.4 Å². The fourth-order valence-corrected chi connectivity index (χ4v) is 2.69. The van der Waals surface area contributed by atoms with Crippen LogP contribution in [0.4, 0.5) is 4.39 Å². The second kappa shape index (κ2) is 6.60. The summed E-state index contributed by atoms with van der Waals surface area (Å²) in [4.78, 5) is 25.6. The number of aromatic nitrogens is 2. The minimum atomic E-state index is -0.321. The molecule has 0 spiro atoms. The van der Waals surface area contributed by atoms with Crippen molar-refractivity contribution in [2.24, 2.45) is 0 Å². The number of carbonyl (C=O) groups excluding carboxylic acids is 2. The topological polar surface area (TPSA) is 67.2 Å². The minimum Gasteiger partial charge on any atom is -0.349 e. The van der Waals surface area contributed by atoms with Gasteiger partial charge in [0.2, 0.25) is 11.8 Å². The molecule has 2 heterocycles. The monoisotopic (exact) mass is 316 g/mol. The number of rotatable bonds is 5. The van der Waals surface area contributed by atoms with Crippen molar-refractivity contribution in [2.75, 3.05) is 6.54 Å². The number of benzene rings is 1. The van der Waals surface area contributed by atoms with Gasteiger partial charge in [0, 0.05) is 31.9 Å². The Bertz CT molecular complexity index is 702. The van der Waals surface area contributed by atoms with Gasteiger partial charge < -0.3 is 10.2 Å². The van der Waals surface area contributed by atoms with E-state index < -0.39 is 0 Å². The van der Waals surface area contributed by atoms with Crippen LogP contribution in [0.2, 0.25) is 0 Å². The lowest BCUT2D eigenvalue weighted by atomic mass is 10.2. The summed E-state index contributed by atoms with van der Waals surface area (Å²) >= 11 is 0. The molecule has 1 fully saturated rings. The number of carbonyl (C=O) groups is 2. The SMILES string of the molecule is O=C(Cn1cccn1)NC1CC(=O)N(Cc2cccc(F)c2)C1. The summed E-state index contributed by atoms with van der Waals surface area (Å²) in [7, 11) is 0. The van der Waals surface area contributed by atoms with Gasteiger partial charge in [0.1, 0.15) is 12.4 Å². The van der Waals surface area contributed by atoms with Crippen LogP contribution in [0.15, 0.2) is 42.7 Å². The zero-order chi connectivity index (χ0) is 16.2. The van der Waals surface area contributed by atoms with Crippen molar-refractivity contribution in [1.29, 1.82) is 0 Å². The third-order valence-electron chi connectivity index (χ3n) is 3.71. The molecule has 1 aromatic heterocycles. The molecular formula is C16H17FN4O2. The number of halogens is 1. The first-order chi connectivity index (χ1) is 11.1. The summed E-state index contributed by atoms with van der Waals surface area (Å²) in [6, 6.07) is 7.70. The van der Waals surface area contributed by atoms with Crippen LogP contribution >= 0.6 is 0 Å². The average molecular weight is 316 g/mol. The third-order valence-corrected chi connectivity index (χ3v) is 3.71. The number of hydrogen-bond acceptors (Lipinski definition) is 3. The molecule has 120 valence electrons. The minimum absolute atomic E-state index is 0.0429. The maximum atomic E-state index is 13.2. The van der Waals surface area contributed by atoms with Crippen LogP contribution in [0.5, 0.6) is 0 Å². The van der Waals surface area contributed by atoms with Crippen LogP contribution in [-0.2, 0) is 22.7 Å². The molecule has 23 heavy (non-hydrogen) atoms. The summed E-state index contributed by atoms with van der Waals surface area (Å²) < 4.78 is 14.7. The Hall–Kier alpha value is -2.70. The van der Waals surface area contributed by atoms with Crippen molar-refractivity contribution in [3.05, 3.63) is 54.1 Å². The smallest absolute Gasteiger partial charge is 0.242 e. The first-order valence-electron chi connectivity index (χ1n) is 7.39. The Kier molecular flexibility index (Phi) is 4.36. The van der Waals surface area contributed by atoms with Gasteiger partial charge in [0.15, 0.2) is 0 Å². The van der Waals surface area contributed by atoms with Gasteiger partial charge >= 0.3 is 0 Å². The lowest BCUT2D eigenvalue weighted by molar-refractivity contribution is -0.128. The van der Waals surface area contributed by atoms with Crippen molar-refractivity contribution in [3.63, 3.8) is 0 Å². The summed E-state index contributed by atoms with van der Waals surface area (Å²) in [6.45, 7) is 0.907. The second-order valence-electron chi connectivity index (χ2n) is 5.58. The molecule has 1 atom stereocenters. The van der Waals surface area contributed by atoms with Crippen molar-refractivity contribution in [2.45, 2.75) is 25.6 Å². The standard InChI is InChI=1S/C16H17FN4O2/c17-13-4-1-3-12(7-13)9-20-10-14(8-16(20)23)19-15(22)11-21-6-2-5-18-21/h1-7,14H,8-11H2,(H,19,22). The van der Waals surface area contributed by atoms with Crippen molar-refractivity contribution in [1.82, 2.24) is 20.0 Å². The molecule has 1 unspecified atom stereocenters. The van der Waals surface area contributed by atoms with Crippen molar-refractivity contribution < 1.29 is 14.0 Å². The summed E-state index contributed by atoms with van der Waals surface area (Å²) in [5, 5.41) is 6.81. The molecule has 1 aliphatic heterocycles. The van der Waals surface area contributed by atoms with Crippen LogP contribution < -0.4 is 5.32 Å². The highest BCUT2D eigenvalue weighted by Crippen LogP contribution is 2.15. The Morgan fingerprint density at radius 1 is 1.39 bits per heavy atom. The second-order valence-corrected chi connectivity index (χ2v) is 5.58. The van der Waals surface area contributed by atoms with E-state index >= 15 is 0 Å². The number of nitrogens with one attached hydrogen (secondary N) is 1. The predicted molar refractivity (Wildman–Crippen MR) is 80.6 cm³/mol. The molecule has 2 amide bonds. The molecule has 2 aromatic rings. The largest absolute Gasteiger partial charge is 0.349 e. The highest BCUT2D eigenvalue weighted by Gasteiger charge is 2.30. The Labute approximate surface area is 132 Å². The van der Waals surface area contributed by atoms with Crippen LogP contribution in [0.25, 0.3) is 0 Å². The van der Waals surface area contributed by atoms with Crippen LogP contribution in [0.3, 0.4) is 0 Å². The lowest BCUT2D eigenvalue weighted by Gasteiger charge is -2.17. The third kappa shape index (κ3) is 3.94. The zero-order valence-corrected chi connectivity index (χ0v) is 12.5. The molecule has 0 bridgehead atoms. The van der Waals surface area contributed by atoms with E-state index in [-0.39, 0.29) is 36.6 Å². The number of hydrogen-bond donors (Lipinski definition) is 1. The zero-order valence-electron chi connectivity index (χ0n) is 12.5. The van der Waals surface area contributed by atoms with E-state index in [1.807, 2.05) is 0 Å². The van der Waals surface area contributed by atoms with Gasteiger partial charge in [-0.05, 0) is 23.8 Å². The summed E-state index contributed by atoms with van der Waals surface area (Å²) in [6.07, 6.45) is 3.57. The molecule has 1 N–H and O–H groups in total. The molecule has 0 aliphatic carbocycles. The van der Waals surface area contributed by atoms with E-state index in [1.54, 1.807) is 35.5 Å². The van der Waals surface area contributed by atoms with Gasteiger partial charge in [-0.25, -0.2) is 4.39 Å². The number of nitrogens with zero attached hydrogens (tertiary/aromatic N) is 3. The number of likely N-dealkylation sites (tertiary alicyclic amines) is 1. The predicted octanol–water partition coefficient (Wildman–Crippen LogP) is 0.939. The van der Waals surface area contributed by atoms with Gasteiger partial charge in [0.05, 0.1) is 6.04 Å². The first kappa shape index (κ1) is 15.2. The molecule has 1 aromatic carbocycles. The molecule has 0 radical (unpaired) electrons. The molecular weight excluding hydrogens is 299 g/mol. The Morgan fingerprint density at radius 2 is 2.26 bits per heavy atom. The van der Waals surface area contributed by atoms with E-state index in [0.29, 0.717) is 13.1 Å². The lowest BCUT2D eigenvalue weighted by Crippen LogP contribution is -2.38. The maximum Gasteiger partial charge on any atom is 0.242 e. The van der Waals surface area contributed by atoms with Crippen LogP contribution in [0, 0.1) is 5.82 Å². The quantitative estimate of drug-likeness (QED) is 0.893. The van der Waals surface area contributed by atoms with Crippen LogP contribution in [0.1, 0.15) is 12.0 Å². The first-order valence-corrected chi connectivity index (χ1v) is 7.39. The normalized spacial score (nSPS) is 17.5. The van der Waals surface area contributed by atoms with E-state index in [4.69, 9.17) is 0 Å². The summed E-state index contributed by atoms with van der Waals surface area (Å²) in [5.74, 6) is -0.545. The Balaban J connectivity index is 1.54. The van der Waals surface area contributed by atoms with Gasteiger partial charge in [-0.2, -0.15) is 5.10 Å². The molecule has 1 aliphatic rings. The van der Waals surface area contributed by atoms with E-state index in [1.165, 1.54) is 16.8 Å². The Morgan fingerprint density at radius 3 is 3.00 bits per heavy atom. The fraction of sp³-hybridized carbons (Fsp3) is 0.312. The molecule has 0 saturated carbocycles. The van der Waals surface area contributed by atoms with Crippen molar-refractivity contribution >= 4 is 11.8 Å². The highest BCUT2D eigenvalue weighted by molar-refractivity contribution is 5.82. The van der Waals surface area contributed by atoms with Gasteiger partial charge in [-0.15, -0.1) is 0 Å². The van der Waals surface area contributed by atoms with Gasteiger partial charge in [0.25, 0.3) is 0 Å². The van der Waals surface area contributed by atoms with E-state index in [0.717, 1.165) is 5.56 Å².